The van der Waals surface area contributed by atoms with Gasteiger partial charge in [0.25, 0.3) is 0 Å². The van der Waals surface area contributed by atoms with E-state index in [9.17, 15) is 19.2 Å². The number of carbonyl (C=O) groups excluding carboxylic acids is 3. The lowest BCUT2D eigenvalue weighted by Crippen LogP contribution is -2.43. The summed E-state index contributed by atoms with van der Waals surface area (Å²) in [5.41, 5.74) is 8.42. The third-order valence-corrected chi connectivity index (χ3v) is 15.4. The fraction of sp³-hybridized carbons (Fsp3) is 0.475. The van der Waals surface area contributed by atoms with Gasteiger partial charge in [-0.25, -0.2) is 9.59 Å². The number of esters is 1. The minimum Gasteiger partial charge on any atom is -0.478 e. The Morgan fingerprint density at radius 3 is 1.26 bits per heavy atom. The van der Waals surface area contributed by atoms with Crippen LogP contribution in [0.15, 0.2) is 109 Å². The van der Waals surface area contributed by atoms with Crippen LogP contribution in [0.1, 0.15) is 101 Å². The Labute approximate surface area is 435 Å². The van der Waals surface area contributed by atoms with Gasteiger partial charge in [-0.05, 0) is 159 Å². The maximum Gasteiger partial charge on any atom is 0.330 e. The Balaban J connectivity index is 0.000000214. The van der Waals surface area contributed by atoms with E-state index in [-0.39, 0.29) is 29.6 Å². The number of piperidine rings is 2. The molecule has 2 aliphatic carbocycles. The van der Waals surface area contributed by atoms with E-state index < -0.39 is 5.97 Å². The largest absolute Gasteiger partial charge is 0.478 e. The number of carboxylic acid groups (broad SMARTS) is 1. The third-order valence-electron chi connectivity index (χ3n) is 15.4. The lowest BCUT2D eigenvalue weighted by molar-refractivity contribution is -0.135. The standard InChI is InChI=1S/C31H41N3O3.C30H39N3O3/c1-32(2)27-13-15-28(16-14-27)33-20-18-25(19-21-33)23-34(31(36)26-9-5-4-6-10-26)29-11-7-8-24(22-29)12-17-30(35)37-3;1-31(2)26-12-14-27(15-13-26)32-19-17-24(18-20-32)22-33(30(36)25-8-4-3-5-9-25)28-10-6-7-23(21-28)11-16-29(34)35/h7-8,11-17,22,25-26H,4-6,9-10,18-21,23H2,1-3H3;6-7,10-16,21,24-25H,3-5,8-9,17-20,22H2,1-2H3,(H,34,35)/b17-12+;16-11+. The van der Waals surface area contributed by atoms with Gasteiger partial charge in [-0.2, -0.15) is 0 Å². The monoisotopic (exact) mass is 993 g/mol. The first kappa shape index (κ1) is 54.2. The molecule has 390 valence electrons. The van der Waals surface area contributed by atoms with Gasteiger partial charge >= 0.3 is 11.9 Å². The fourth-order valence-electron chi connectivity index (χ4n) is 11.0. The van der Waals surface area contributed by atoms with Gasteiger partial charge in [0, 0.05) is 126 Å². The molecule has 2 saturated carbocycles. The molecule has 0 unspecified atom stereocenters. The van der Waals surface area contributed by atoms with Gasteiger partial charge in [0.2, 0.25) is 11.8 Å². The lowest BCUT2D eigenvalue weighted by atomic mass is 9.87. The summed E-state index contributed by atoms with van der Waals surface area (Å²) in [6.07, 6.45) is 21.0. The summed E-state index contributed by atoms with van der Waals surface area (Å²) >= 11 is 0. The Morgan fingerprint density at radius 1 is 0.521 bits per heavy atom. The number of rotatable bonds is 16. The molecule has 2 heterocycles. The van der Waals surface area contributed by atoms with Gasteiger partial charge in [0.05, 0.1) is 7.11 Å². The molecule has 12 nitrogen and oxygen atoms in total. The number of anilines is 6. The van der Waals surface area contributed by atoms with Crippen LogP contribution in [-0.2, 0) is 23.9 Å². The number of hydrogen-bond donors (Lipinski definition) is 1. The van der Waals surface area contributed by atoms with Crippen LogP contribution in [-0.4, -0.2) is 103 Å². The summed E-state index contributed by atoms with van der Waals surface area (Å²) in [5, 5.41) is 9.01. The number of carboxylic acids is 1. The highest BCUT2D eigenvalue weighted by Crippen LogP contribution is 2.34. The molecule has 73 heavy (non-hydrogen) atoms. The van der Waals surface area contributed by atoms with Crippen molar-refractivity contribution >= 4 is 70.0 Å². The number of benzene rings is 4. The maximum atomic E-state index is 13.8. The number of carbonyl (C=O) groups is 4. The van der Waals surface area contributed by atoms with Gasteiger partial charge in [-0.3, -0.25) is 9.59 Å². The topological polar surface area (TPSA) is 117 Å². The smallest absolute Gasteiger partial charge is 0.330 e. The Hall–Kier alpha value is -6.56. The first-order chi connectivity index (χ1) is 35.3. The zero-order valence-corrected chi connectivity index (χ0v) is 44.2. The summed E-state index contributed by atoms with van der Waals surface area (Å²) in [7, 11) is 9.60. The van der Waals surface area contributed by atoms with Gasteiger partial charge in [-0.1, -0.05) is 62.8 Å². The molecule has 0 bridgehead atoms. The normalized spacial score (nSPS) is 17.2. The molecule has 4 aromatic rings. The van der Waals surface area contributed by atoms with Crippen LogP contribution in [0.2, 0.25) is 0 Å². The minimum absolute atomic E-state index is 0.0901. The van der Waals surface area contributed by atoms with E-state index in [0.717, 1.165) is 145 Å². The van der Waals surface area contributed by atoms with Crippen LogP contribution in [0.5, 0.6) is 0 Å². The number of ether oxygens (including phenoxy) is 1. The second-order valence-corrected chi connectivity index (χ2v) is 21.0. The van der Waals surface area contributed by atoms with Crippen molar-refractivity contribution in [3.63, 3.8) is 0 Å². The molecule has 0 spiro atoms. The number of amides is 2. The van der Waals surface area contributed by atoms with Crippen LogP contribution < -0.4 is 29.4 Å². The van der Waals surface area contributed by atoms with Gasteiger partial charge in [0.15, 0.2) is 0 Å². The molecule has 8 rings (SSSR count). The number of nitrogens with zero attached hydrogens (tertiary/aromatic N) is 6. The summed E-state index contributed by atoms with van der Waals surface area (Å²) in [6, 6.07) is 33.2. The van der Waals surface area contributed by atoms with Gasteiger partial charge in [0.1, 0.15) is 0 Å². The van der Waals surface area contributed by atoms with Crippen molar-refractivity contribution in [3.05, 3.63) is 120 Å². The fourth-order valence-corrected chi connectivity index (χ4v) is 11.0. The van der Waals surface area contributed by atoms with E-state index in [0.29, 0.717) is 11.8 Å². The van der Waals surface area contributed by atoms with Crippen LogP contribution in [0.25, 0.3) is 12.2 Å². The van der Waals surface area contributed by atoms with Crippen molar-refractivity contribution in [1.82, 2.24) is 0 Å². The molecule has 4 aliphatic rings. The molecule has 2 saturated heterocycles. The second-order valence-electron chi connectivity index (χ2n) is 21.0. The van der Waals surface area contributed by atoms with Crippen LogP contribution in [0, 0.1) is 23.7 Å². The predicted octanol–water partition coefficient (Wildman–Crippen LogP) is 11.4. The SMILES string of the molecule is CN(C)c1ccc(N2CCC(CN(C(=O)C3CCCCC3)c3cccc(/C=C/C(=O)O)c3)CC2)cc1.COC(=O)/C=C/c1cccc(N(CC2CCN(c3ccc(N(C)C)cc3)CC2)C(=O)C2CCCCC2)c1. The zero-order valence-electron chi connectivity index (χ0n) is 44.2. The van der Waals surface area contributed by atoms with E-state index in [1.165, 1.54) is 48.8 Å². The summed E-state index contributed by atoms with van der Waals surface area (Å²) in [4.78, 5) is 63.2. The zero-order chi connectivity index (χ0) is 51.7. The molecule has 0 atom stereocenters. The van der Waals surface area contributed by atoms with Crippen LogP contribution in [0.4, 0.5) is 34.1 Å². The second kappa shape index (κ2) is 26.9. The molecule has 4 fully saturated rings. The summed E-state index contributed by atoms with van der Waals surface area (Å²) in [6.45, 7) is 5.43. The van der Waals surface area contributed by atoms with E-state index in [2.05, 4.69) is 96.3 Å². The molecule has 2 amide bonds. The minimum atomic E-state index is -0.973. The Morgan fingerprint density at radius 2 is 0.904 bits per heavy atom. The summed E-state index contributed by atoms with van der Waals surface area (Å²) in [5.74, 6) is 0.228. The van der Waals surface area contributed by atoms with Crippen molar-refractivity contribution in [2.24, 2.45) is 23.7 Å². The average molecular weight is 993 g/mol. The van der Waals surface area contributed by atoms with Crippen molar-refractivity contribution in [2.75, 3.05) is 104 Å². The number of aliphatic carboxylic acids is 1. The quantitative estimate of drug-likeness (QED) is 0.0859. The summed E-state index contributed by atoms with van der Waals surface area (Å²) < 4.78 is 4.73. The molecule has 1 N–H and O–H groups in total. The highest BCUT2D eigenvalue weighted by molar-refractivity contribution is 5.96. The van der Waals surface area contributed by atoms with Crippen molar-refractivity contribution in [3.8, 4) is 0 Å². The lowest BCUT2D eigenvalue weighted by Gasteiger charge is -2.37. The highest BCUT2D eigenvalue weighted by atomic mass is 16.5. The average Bonchev–Trinajstić information content (AvgIpc) is 3.43. The molecular formula is C61H80N6O6. The van der Waals surface area contributed by atoms with E-state index in [1.54, 1.807) is 12.2 Å². The third kappa shape index (κ3) is 15.7. The van der Waals surface area contributed by atoms with E-state index >= 15 is 0 Å². The number of methoxy groups -OCH3 is 1. The van der Waals surface area contributed by atoms with Gasteiger partial charge in [-0.15, -0.1) is 0 Å². The predicted molar refractivity (Wildman–Crippen MR) is 300 cm³/mol. The van der Waals surface area contributed by atoms with Crippen molar-refractivity contribution in [1.29, 1.82) is 0 Å². The van der Waals surface area contributed by atoms with Crippen molar-refractivity contribution in [2.45, 2.75) is 89.9 Å². The first-order valence-corrected chi connectivity index (χ1v) is 26.9. The molecule has 12 heteroatoms. The van der Waals surface area contributed by atoms with Crippen LogP contribution >= 0.6 is 0 Å². The van der Waals surface area contributed by atoms with E-state index in [1.807, 2.05) is 58.3 Å². The van der Waals surface area contributed by atoms with Crippen LogP contribution in [0.3, 0.4) is 0 Å². The molecule has 4 aromatic carbocycles. The maximum absolute atomic E-state index is 13.8. The Bertz CT molecular complexity index is 2460. The van der Waals surface area contributed by atoms with Crippen molar-refractivity contribution < 1.29 is 29.0 Å². The van der Waals surface area contributed by atoms with Gasteiger partial charge < -0.3 is 39.2 Å². The number of hydrogen-bond acceptors (Lipinski definition) is 9. The first-order valence-electron chi connectivity index (χ1n) is 26.9. The molecular weight excluding hydrogens is 913 g/mol. The van der Waals surface area contributed by atoms with E-state index in [4.69, 9.17) is 9.84 Å². The molecule has 2 aliphatic heterocycles. The Kier molecular flexibility index (Phi) is 20.0. The molecule has 0 aromatic heterocycles. The molecule has 0 radical (unpaired) electrons. The highest BCUT2D eigenvalue weighted by Gasteiger charge is 2.32.